The molecule has 0 amide bonds. The van der Waals surface area contributed by atoms with Gasteiger partial charge in [-0.05, 0) is 43.9 Å². The Balaban J connectivity index is 0.000000631. The number of hydrogen-bond donors (Lipinski definition) is 2. The van der Waals surface area contributed by atoms with E-state index >= 15 is 0 Å². The Morgan fingerprint density at radius 1 is 1.50 bits per heavy atom. The molecule has 0 radical (unpaired) electrons. The molecule has 1 unspecified atom stereocenters. The molecule has 0 spiro atoms. The molecule has 0 bridgehead atoms. The van der Waals surface area contributed by atoms with Crippen molar-refractivity contribution in [3.8, 4) is 0 Å². The van der Waals surface area contributed by atoms with Crippen molar-refractivity contribution in [2.75, 3.05) is 6.61 Å². The van der Waals surface area contributed by atoms with E-state index in [-0.39, 0.29) is 0 Å². The van der Waals surface area contributed by atoms with Crippen LogP contribution in [0, 0.1) is 11.8 Å². The highest BCUT2D eigenvalue weighted by atomic mass is 16.4. The van der Waals surface area contributed by atoms with Gasteiger partial charge in [-0.2, -0.15) is 0 Å². The predicted octanol–water partition coefficient (Wildman–Crippen LogP) is 3.62. The largest absolute Gasteiger partial charge is 0.481 e. The predicted molar refractivity (Wildman–Crippen MR) is 74.5 cm³/mol. The van der Waals surface area contributed by atoms with Gasteiger partial charge in [-0.25, -0.2) is 0 Å². The number of aliphatic hydroxyl groups excluding tert-OH is 1. The van der Waals surface area contributed by atoms with Crippen LogP contribution in [0.1, 0.15) is 59.3 Å². The summed E-state index contributed by atoms with van der Waals surface area (Å²) in [4.78, 5) is 9.00. The average molecular weight is 256 g/mol. The normalized spacial score (nSPS) is 18.9. The Labute approximate surface area is 111 Å². The van der Waals surface area contributed by atoms with Crippen molar-refractivity contribution in [3.63, 3.8) is 0 Å². The maximum absolute atomic E-state index is 9.00. The number of allylic oxidation sites excluding steroid dienone is 2. The number of carboxylic acids is 1. The fraction of sp³-hybridized carbons (Fsp3) is 0.800. The Hall–Kier alpha value is -0.830. The standard InChI is InChI=1S/C13H24O.C2H4O2/c1-11(2)4-3-5-12-6-8-13(10-14)9-7-12;1-2(3)4/h6,11,13-14H,3-5,7-10H2,1-2H3;1H3,(H,3,4). The first kappa shape index (κ1) is 17.2. The van der Waals surface area contributed by atoms with Crippen molar-refractivity contribution in [2.45, 2.75) is 59.3 Å². The monoisotopic (exact) mass is 256 g/mol. The number of aliphatic hydroxyl groups is 1. The molecule has 1 aliphatic carbocycles. The minimum Gasteiger partial charge on any atom is -0.481 e. The van der Waals surface area contributed by atoms with Crippen LogP contribution in [-0.2, 0) is 4.79 Å². The molecule has 0 aromatic carbocycles. The Bertz CT molecular complexity index is 252. The SMILES string of the molecule is CC(=O)O.CC(C)CCCC1=CCC(CO)CC1. The molecule has 106 valence electrons. The van der Waals surface area contributed by atoms with Crippen molar-refractivity contribution in [1.82, 2.24) is 0 Å². The van der Waals surface area contributed by atoms with Gasteiger partial charge in [-0.3, -0.25) is 4.79 Å². The highest BCUT2D eigenvalue weighted by Gasteiger charge is 2.12. The van der Waals surface area contributed by atoms with E-state index in [0.717, 1.165) is 19.3 Å². The van der Waals surface area contributed by atoms with Crippen LogP contribution in [0.15, 0.2) is 11.6 Å². The zero-order chi connectivity index (χ0) is 14.0. The zero-order valence-electron chi connectivity index (χ0n) is 12.0. The summed E-state index contributed by atoms with van der Waals surface area (Å²) in [5.41, 5.74) is 1.63. The quantitative estimate of drug-likeness (QED) is 0.739. The molecular weight excluding hydrogens is 228 g/mol. The molecule has 1 rings (SSSR count). The Kier molecular flexibility index (Phi) is 9.66. The molecule has 1 atom stereocenters. The summed E-state index contributed by atoms with van der Waals surface area (Å²) in [6.07, 6.45) is 9.87. The maximum atomic E-state index is 9.00. The molecule has 2 N–H and O–H groups in total. The van der Waals surface area contributed by atoms with Crippen molar-refractivity contribution < 1.29 is 15.0 Å². The van der Waals surface area contributed by atoms with Crippen molar-refractivity contribution >= 4 is 5.97 Å². The minimum absolute atomic E-state index is 0.371. The number of hydrogen-bond acceptors (Lipinski definition) is 2. The van der Waals surface area contributed by atoms with Crippen molar-refractivity contribution in [2.24, 2.45) is 11.8 Å². The Morgan fingerprint density at radius 2 is 2.11 bits per heavy atom. The van der Waals surface area contributed by atoms with Gasteiger partial charge in [0.2, 0.25) is 0 Å². The van der Waals surface area contributed by atoms with E-state index in [1.165, 1.54) is 32.1 Å². The third kappa shape index (κ3) is 10.3. The molecule has 0 aromatic rings. The van der Waals surface area contributed by atoms with E-state index in [9.17, 15) is 0 Å². The summed E-state index contributed by atoms with van der Waals surface area (Å²) in [7, 11) is 0. The first-order valence-corrected chi connectivity index (χ1v) is 6.94. The number of rotatable bonds is 5. The lowest BCUT2D eigenvalue weighted by Gasteiger charge is -2.20. The second-order valence-electron chi connectivity index (χ2n) is 5.49. The van der Waals surface area contributed by atoms with Gasteiger partial charge < -0.3 is 10.2 Å². The lowest BCUT2D eigenvalue weighted by Crippen LogP contribution is -2.09. The summed E-state index contributed by atoms with van der Waals surface area (Å²) in [5, 5.41) is 16.4. The summed E-state index contributed by atoms with van der Waals surface area (Å²) in [6.45, 7) is 6.03. The summed E-state index contributed by atoms with van der Waals surface area (Å²) in [5.74, 6) is 0.549. The molecule has 0 aliphatic heterocycles. The van der Waals surface area contributed by atoms with E-state index < -0.39 is 5.97 Å². The lowest BCUT2D eigenvalue weighted by molar-refractivity contribution is -0.134. The van der Waals surface area contributed by atoms with Gasteiger partial charge >= 0.3 is 0 Å². The zero-order valence-corrected chi connectivity index (χ0v) is 12.0. The second kappa shape index (κ2) is 10.1. The summed E-state index contributed by atoms with van der Waals surface area (Å²) in [6, 6.07) is 0. The summed E-state index contributed by atoms with van der Waals surface area (Å²) >= 11 is 0. The van der Waals surface area contributed by atoms with Crippen LogP contribution in [0.2, 0.25) is 0 Å². The molecule has 1 aliphatic rings. The number of carboxylic acid groups (broad SMARTS) is 1. The van der Waals surface area contributed by atoms with E-state index in [1.807, 2.05) is 0 Å². The average Bonchev–Trinajstić information content (AvgIpc) is 2.29. The first-order chi connectivity index (χ1) is 8.45. The Morgan fingerprint density at radius 3 is 2.50 bits per heavy atom. The molecule has 0 fully saturated rings. The second-order valence-corrected chi connectivity index (χ2v) is 5.49. The molecule has 18 heavy (non-hydrogen) atoms. The van der Waals surface area contributed by atoms with Gasteiger partial charge in [-0.15, -0.1) is 0 Å². The smallest absolute Gasteiger partial charge is 0.300 e. The molecule has 3 heteroatoms. The highest BCUT2D eigenvalue weighted by Crippen LogP contribution is 2.26. The van der Waals surface area contributed by atoms with Gasteiger partial charge in [0.1, 0.15) is 0 Å². The maximum Gasteiger partial charge on any atom is 0.300 e. The van der Waals surface area contributed by atoms with Crippen molar-refractivity contribution in [1.29, 1.82) is 0 Å². The van der Waals surface area contributed by atoms with Gasteiger partial charge in [0.15, 0.2) is 0 Å². The fourth-order valence-electron chi connectivity index (χ4n) is 2.07. The van der Waals surface area contributed by atoms with Crippen LogP contribution in [0.5, 0.6) is 0 Å². The molecule has 0 aromatic heterocycles. The van der Waals surface area contributed by atoms with E-state index in [2.05, 4.69) is 19.9 Å². The van der Waals surface area contributed by atoms with Gasteiger partial charge in [0.25, 0.3) is 5.97 Å². The van der Waals surface area contributed by atoms with Crippen LogP contribution in [0.3, 0.4) is 0 Å². The van der Waals surface area contributed by atoms with Crippen LogP contribution >= 0.6 is 0 Å². The van der Waals surface area contributed by atoms with E-state index in [0.29, 0.717) is 12.5 Å². The lowest BCUT2D eigenvalue weighted by atomic mass is 9.87. The number of carbonyl (C=O) groups is 1. The third-order valence-electron chi connectivity index (χ3n) is 3.15. The molecule has 0 heterocycles. The first-order valence-electron chi connectivity index (χ1n) is 6.94. The minimum atomic E-state index is -0.833. The topological polar surface area (TPSA) is 57.5 Å². The van der Waals surface area contributed by atoms with Crippen LogP contribution in [-0.4, -0.2) is 22.8 Å². The van der Waals surface area contributed by atoms with Gasteiger partial charge in [0, 0.05) is 13.5 Å². The van der Waals surface area contributed by atoms with E-state index in [1.54, 1.807) is 5.57 Å². The van der Waals surface area contributed by atoms with Gasteiger partial charge in [-0.1, -0.05) is 31.9 Å². The fourth-order valence-corrected chi connectivity index (χ4v) is 2.07. The number of aliphatic carboxylic acids is 1. The molecular formula is C15H28O3. The van der Waals surface area contributed by atoms with Crippen LogP contribution in [0.4, 0.5) is 0 Å². The molecule has 0 saturated heterocycles. The van der Waals surface area contributed by atoms with E-state index in [4.69, 9.17) is 15.0 Å². The molecule has 0 saturated carbocycles. The highest BCUT2D eigenvalue weighted by molar-refractivity contribution is 5.62. The van der Waals surface area contributed by atoms with Gasteiger partial charge in [0.05, 0.1) is 0 Å². The summed E-state index contributed by atoms with van der Waals surface area (Å²) < 4.78 is 0. The van der Waals surface area contributed by atoms with Crippen LogP contribution < -0.4 is 0 Å². The third-order valence-corrected chi connectivity index (χ3v) is 3.15. The van der Waals surface area contributed by atoms with Crippen LogP contribution in [0.25, 0.3) is 0 Å². The molecule has 3 nitrogen and oxygen atoms in total. The van der Waals surface area contributed by atoms with Crippen molar-refractivity contribution in [3.05, 3.63) is 11.6 Å².